The van der Waals surface area contributed by atoms with Crippen molar-refractivity contribution in [3.8, 4) is 0 Å². The Kier molecular flexibility index (Phi) is 5.97. The number of anilines is 1. The van der Waals surface area contributed by atoms with Gasteiger partial charge >= 0.3 is 5.97 Å². The zero-order valence-corrected chi connectivity index (χ0v) is 15.6. The number of carboxylic acids is 1. The highest BCUT2D eigenvalue weighted by molar-refractivity contribution is 5.91. The van der Waals surface area contributed by atoms with Gasteiger partial charge in [0.25, 0.3) is 0 Å². The highest BCUT2D eigenvalue weighted by atomic mass is 16.4. The van der Waals surface area contributed by atoms with Gasteiger partial charge in [-0.15, -0.1) is 0 Å². The van der Waals surface area contributed by atoms with Gasteiger partial charge in [-0.3, -0.25) is 9.48 Å². The molecular formula is C20H25N3O3. The van der Waals surface area contributed by atoms with Crippen molar-refractivity contribution in [2.75, 3.05) is 5.32 Å². The van der Waals surface area contributed by atoms with Crippen molar-refractivity contribution >= 4 is 23.6 Å². The monoisotopic (exact) mass is 355 g/mol. The molecule has 0 spiro atoms. The first-order valence-electron chi connectivity index (χ1n) is 8.55. The summed E-state index contributed by atoms with van der Waals surface area (Å²) in [5, 5.41) is 15.9. The van der Waals surface area contributed by atoms with E-state index in [1.54, 1.807) is 19.9 Å². The summed E-state index contributed by atoms with van der Waals surface area (Å²) in [4.78, 5) is 23.3. The van der Waals surface area contributed by atoms with Gasteiger partial charge in [0.1, 0.15) is 0 Å². The number of carbonyl (C=O) groups is 2. The molecule has 2 rings (SSSR count). The predicted molar refractivity (Wildman–Crippen MR) is 102 cm³/mol. The molecule has 0 aliphatic heterocycles. The van der Waals surface area contributed by atoms with Gasteiger partial charge in [-0.25, -0.2) is 4.79 Å². The van der Waals surface area contributed by atoms with Crippen LogP contribution in [0.2, 0.25) is 0 Å². The molecule has 26 heavy (non-hydrogen) atoms. The van der Waals surface area contributed by atoms with E-state index in [4.69, 9.17) is 0 Å². The Morgan fingerprint density at radius 1 is 1.27 bits per heavy atom. The molecular weight excluding hydrogens is 330 g/mol. The van der Waals surface area contributed by atoms with E-state index in [9.17, 15) is 14.7 Å². The lowest BCUT2D eigenvalue weighted by Crippen LogP contribution is -2.35. The molecule has 1 heterocycles. The quantitative estimate of drug-likeness (QED) is 0.790. The second-order valence-electron chi connectivity index (χ2n) is 7.01. The van der Waals surface area contributed by atoms with Crippen LogP contribution in [0.3, 0.4) is 0 Å². The first kappa shape index (κ1) is 19.4. The molecule has 0 saturated heterocycles. The van der Waals surface area contributed by atoms with Crippen LogP contribution in [-0.2, 0) is 15.1 Å². The molecule has 0 aliphatic rings. The topological polar surface area (TPSA) is 84.2 Å². The van der Waals surface area contributed by atoms with Gasteiger partial charge in [0.15, 0.2) is 5.54 Å². The maximum absolute atomic E-state index is 12.0. The molecule has 0 fully saturated rings. The van der Waals surface area contributed by atoms with Crippen LogP contribution in [0, 0.1) is 0 Å². The van der Waals surface area contributed by atoms with Crippen LogP contribution >= 0.6 is 0 Å². The fraction of sp³-hybridized carbons (Fsp3) is 0.350. The average molecular weight is 355 g/mol. The Morgan fingerprint density at radius 2 is 1.92 bits per heavy atom. The number of nitrogens with one attached hydrogen (secondary N) is 1. The summed E-state index contributed by atoms with van der Waals surface area (Å²) < 4.78 is 1.32. The molecule has 1 aromatic heterocycles. The Bertz CT molecular complexity index is 802. The first-order valence-corrected chi connectivity index (χ1v) is 8.55. The van der Waals surface area contributed by atoms with Crippen molar-refractivity contribution in [1.29, 1.82) is 0 Å². The molecule has 0 saturated carbocycles. The van der Waals surface area contributed by atoms with E-state index in [0.717, 1.165) is 5.56 Å². The van der Waals surface area contributed by atoms with Gasteiger partial charge in [-0.2, -0.15) is 5.10 Å². The SMILES string of the molecule is CC(C)c1ccc(/C=C/CC(=O)Nc2cnn(C(C)(C)C(=O)O)c2)cc1. The molecule has 0 unspecified atom stereocenters. The third-order valence-corrected chi connectivity index (χ3v) is 4.18. The zero-order valence-electron chi connectivity index (χ0n) is 15.6. The van der Waals surface area contributed by atoms with Gasteiger partial charge in [-0.05, 0) is 30.9 Å². The third kappa shape index (κ3) is 4.81. The number of hydrogen-bond acceptors (Lipinski definition) is 3. The van der Waals surface area contributed by atoms with E-state index in [2.05, 4.69) is 36.4 Å². The van der Waals surface area contributed by atoms with Crippen molar-refractivity contribution in [2.45, 2.75) is 45.6 Å². The first-order chi connectivity index (χ1) is 12.2. The van der Waals surface area contributed by atoms with E-state index in [1.165, 1.54) is 22.6 Å². The second kappa shape index (κ2) is 7.99. The maximum atomic E-state index is 12.0. The zero-order chi connectivity index (χ0) is 19.3. The van der Waals surface area contributed by atoms with Gasteiger partial charge in [-0.1, -0.05) is 50.3 Å². The van der Waals surface area contributed by atoms with Crippen molar-refractivity contribution in [3.63, 3.8) is 0 Å². The molecule has 2 N–H and O–H groups in total. The number of aromatic nitrogens is 2. The Labute approximate surface area is 153 Å². The smallest absolute Gasteiger partial charge is 0.331 e. The second-order valence-corrected chi connectivity index (χ2v) is 7.01. The van der Waals surface area contributed by atoms with Gasteiger partial charge < -0.3 is 10.4 Å². The number of aliphatic carboxylic acids is 1. The van der Waals surface area contributed by atoms with Crippen LogP contribution in [0.15, 0.2) is 42.7 Å². The Balaban J connectivity index is 1.91. The Hall–Kier alpha value is -2.89. The highest BCUT2D eigenvalue weighted by Crippen LogP contribution is 2.18. The number of nitrogens with zero attached hydrogens (tertiary/aromatic N) is 2. The van der Waals surface area contributed by atoms with Crippen LogP contribution in [0.4, 0.5) is 5.69 Å². The number of rotatable bonds is 7. The van der Waals surface area contributed by atoms with E-state index in [-0.39, 0.29) is 12.3 Å². The van der Waals surface area contributed by atoms with Crippen LogP contribution in [-0.4, -0.2) is 26.8 Å². The molecule has 1 amide bonds. The lowest BCUT2D eigenvalue weighted by molar-refractivity contribution is -0.146. The number of benzene rings is 1. The average Bonchev–Trinajstić information content (AvgIpc) is 3.04. The molecule has 6 heteroatoms. The van der Waals surface area contributed by atoms with Crippen LogP contribution in [0.5, 0.6) is 0 Å². The summed E-state index contributed by atoms with van der Waals surface area (Å²) >= 11 is 0. The lowest BCUT2D eigenvalue weighted by Gasteiger charge is -2.19. The molecule has 138 valence electrons. The van der Waals surface area contributed by atoms with E-state index in [0.29, 0.717) is 11.6 Å². The summed E-state index contributed by atoms with van der Waals surface area (Å²) in [5.41, 5.74) is 1.61. The summed E-state index contributed by atoms with van der Waals surface area (Å²) in [5.74, 6) is -0.691. The fourth-order valence-electron chi connectivity index (χ4n) is 2.30. The van der Waals surface area contributed by atoms with Crippen molar-refractivity contribution in [1.82, 2.24) is 9.78 Å². The number of carboxylic acid groups (broad SMARTS) is 1. The summed E-state index contributed by atoms with van der Waals surface area (Å²) in [6.45, 7) is 7.38. The molecule has 0 radical (unpaired) electrons. The van der Waals surface area contributed by atoms with Gasteiger partial charge in [0.05, 0.1) is 11.9 Å². The number of hydrogen-bond donors (Lipinski definition) is 2. The van der Waals surface area contributed by atoms with Crippen LogP contribution in [0.25, 0.3) is 6.08 Å². The summed E-state index contributed by atoms with van der Waals surface area (Å²) in [6.07, 6.45) is 6.88. The highest BCUT2D eigenvalue weighted by Gasteiger charge is 2.30. The van der Waals surface area contributed by atoms with Gasteiger partial charge in [0, 0.05) is 12.6 Å². The largest absolute Gasteiger partial charge is 0.479 e. The summed E-state index contributed by atoms with van der Waals surface area (Å²) in [7, 11) is 0. The molecule has 0 aliphatic carbocycles. The van der Waals surface area contributed by atoms with Crippen molar-refractivity contribution in [2.24, 2.45) is 0 Å². The van der Waals surface area contributed by atoms with E-state index in [1.807, 2.05) is 18.2 Å². The fourth-order valence-corrected chi connectivity index (χ4v) is 2.30. The van der Waals surface area contributed by atoms with Crippen molar-refractivity contribution in [3.05, 3.63) is 53.9 Å². The maximum Gasteiger partial charge on any atom is 0.331 e. The van der Waals surface area contributed by atoms with Crippen LogP contribution < -0.4 is 5.32 Å². The van der Waals surface area contributed by atoms with E-state index < -0.39 is 11.5 Å². The molecule has 6 nitrogen and oxygen atoms in total. The minimum atomic E-state index is -1.18. The molecule has 2 aromatic rings. The Morgan fingerprint density at radius 3 is 2.50 bits per heavy atom. The summed E-state index contributed by atoms with van der Waals surface area (Å²) in [6, 6.07) is 8.23. The number of amides is 1. The molecule has 0 atom stereocenters. The minimum Gasteiger partial charge on any atom is -0.479 e. The van der Waals surface area contributed by atoms with Crippen LogP contribution in [0.1, 0.15) is 51.2 Å². The van der Waals surface area contributed by atoms with Gasteiger partial charge in [0.2, 0.25) is 5.91 Å². The predicted octanol–water partition coefficient (Wildman–Crippen LogP) is 3.87. The van der Waals surface area contributed by atoms with Crippen molar-refractivity contribution < 1.29 is 14.7 Å². The lowest BCUT2D eigenvalue weighted by atomic mass is 10.0. The standard InChI is InChI=1S/C20H25N3O3/c1-14(2)16-10-8-15(9-11-16)6-5-7-18(24)22-17-12-21-23(13-17)20(3,4)19(25)26/h5-6,8-14H,7H2,1-4H3,(H,22,24)(H,25,26)/b6-5+. The normalized spacial score (nSPS) is 11.9. The third-order valence-electron chi connectivity index (χ3n) is 4.18. The molecule has 1 aromatic carbocycles. The van der Waals surface area contributed by atoms with E-state index >= 15 is 0 Å². The minimum absolute atomic E-state index is 0.187. The number of carbonyl (C=O) groups excluding carboxylic acids is 1. The molecule has 0 bridgehead atoms.